The van der Waals surface area contributed by atoms with Gasteiger partial charge in [0.25, 0.3) is 0 Å². The van der Waals surface area contributed by atoms with Crippen LogP contribution < -0.4 is 10.6 Å². The van der Waals surface area contributed by atoms with Crippen molar-refractivity contribution in [3.8, 4) is 0 Å². The number of carbonyl (C=O) groups is 1. The molecule has 104 valence electrons. The molecule has 0 saturated carbocycles. The average molecular weight is 270 g/mol. The highest BCUT2D eigenvalue weighted by molar-refractivity contribution is 5.86. The molecule has 2 N–H and O–H groups in total. The number of nitrogens with one attached hydrogen (secondary N) is 2. The summed E-state index contributed by atoms with van der Waals surface area (Å²) in [6.07, 6.45) is 2.42. The summed E-state index contributed by atoms with van der Waals surface area (Å²) in [7, 11) is 0. The number of hydrogen-bond donors (Lipinski definition) is 2. The standard InChI is InChI=1S/C16H18N2O2/c1-11-9-14(13-6-2-3-7-15(13)18-11)16(19)17-10-12-5-4-8-20-12/h2-8,11,14,18H,9-10H2,1H3,(H,17,19). The van der Waals surface area contributed by atoms with Crippen LogP contribution in [0.5, 0.6) is 0 Å². The summed E-state index contributed by atoms with van der Waals surface area (Å²) in [6, 6.07) is 12.0. The normalized spacial score (nSPS) is 20.9. The Morgan fingerprint density at radius 2 is 2.20 bits per heavy atom. The van der Waals surface area contributed by atoms with Crippen LogP contribution in [0.3, 0.4) is 0 Å². The average Bonchev–Trinajstić information content (AvgIpc) is 2.97. The summed E-state index contributed by atoms with van der Waals surface area (Å²) in [5.74, 6) is 0.730. The highest BCUT2D eigenvalue weighted by Crippen LogP contribution is 2.34. The van der Waals surface area contributed by atoms with Crippen molar-refractivity contribution in [2.24, 2.45) is 0 Å². The van der Waals surface area contributed by atoms with Crippen LogP contribution in [0.4, 0.5) is 5.69 Å². The Morgan fingerprint density at radius 1 is 1.35 bits per heavy atom. The van der Waals surface area contributed by atoms with Crippen LogP contribution >= 0.6 is 0 Å². The minimum absolute atomic E-state index is 0.0576. The fourth-order valence-corrected chi connectivity index (χ4v) is 2.70. The van der Waals surface area contributed by atoms with Crippen LogP contribution in [0, 0.1) is 0 Å². The molecule has 0 bridgehead atoms. The van der Waals surface area contributed by atoms with E-state index in [0.717, 1.165) is 23.4 Å². The van der Waals surface area contributed by atoms with Gasteiger partial charge in [-0.3, -0.25) is 4.79 Å². The molecule has 2 atom stereocenters. The van der Waals surface area contributed by atoms with Crippen molar-refractivity contribution in [1.82, 2.24) is 5.32 Å². The van der Waals surface area contributed by atoms with Gasteiger partial charge in [0, 0.05) is 11.7 Å². The van der Waals surface area contributed by atoms with Crippen molar-refractivity contribution >= 4 is 11.6 Å². The van der Waals surface area contributed by atoms with Crippen LogP contribution in [-0.4, -0.2) is 11.9 Å². The molecule has 0 radical (unpaired) electrons. The first-order chi connectivity index (χ1) is 9.74. The van der Waals surface area contributed by atoms with E-state index >= 15 is 0 Å². The van der Waals surface area contributed by atoms with Gasteiger partial charge in [0.15, 0.2) is 0 Å². The molecule has 0 spiro atoms. The molecule has 1 aromatic carbocycles. The van der Waals surface area contributed by atoms with Crippen molar-refractivity contribution in [1.29, 1.82) is 0 Å². The maximum atomic E-state index is 12.4. The van der Waals surface area contributed by atoms with Crippen molar-refractivity contribution in [2.75, 3.05) is 5.32 Å². The third kappa shape index (κ3) is 2.54. The van der Waals surface area contributed by atoms with E-state index in [-0.39, 0.29) is 11.8 Å². The van der Waals surface area contributed by atoms with Crippen LogP contribution in [-0.2, 0) is 11.3 Å². The molecule has 2 heterocycles. The number of amides is 1. The summed E-state index contributed by atoms with van der Waals surface area (Å²) in [4.78, 5) is 12.4. The van der Waals surface area contributed by atoms with E-state index in [1.54, 1.807) is 6.26 Å². The third-order valence-corrected chi connectivity index (χ3v) is 3.66. The molecule has 20 heavy (non-hydrogen) atoms. The quantitative estimate of drug-likeness (QED) is 0.901. The maximum absolute atomic E-state index is 12.4. The summed E-state index contributed by atoms with van der Waals surface area (Å²) in [5.41, 5.74) is 2.13. The van der Waals surface area contributed by atoms with Gasteiger partial charge in [-0.15, -0.1) is 0 Å². The highest BCUT2D eigenvalue weighted by atomic mass is 16.3. The Morgan fingerprint density at radius 3 is 3.00 bits per heavy atom. The summed E-state index contributed by atoms with van der Waals surface area (Å²) in [5, 5.41) is 6.37. The Kier molecular flexibility index (Phi) is 3.46. The molecule has 4 heteroatoms. The second-order valence-corrected chi connectivity index (χ2v) is 5.22. The van der Waals surface area contributed by atoms with Gasteiger partial charge < -0.3 is 15.1 Å². The molecule has 1 aromatic heterocycles. The Bertz CT molecular complexity index is 592. The van der Waals surface area contributed by atoms with Crippen molar-refractivity contribution < 1.29 is 9.21 Å². The van der Waals surface area contributed by atoms with Gasteiger partial charge in [-0.1, -0.05) is 18.2 Å². The number of anilines is 1. The Hall–Kier alpha value is -2.23. The monoisotopic (exact) mass is 270 g/mol. The lowest BCUT2D eigenvalue weighted by Crippen LogP contribution is -2.35. The first-order valence-corrected chi connectivity index (χ1v) is 6.89. The van der Waals surface area contributed by atoms with Crippen LogP contribution in [0.1, 0.15) is 30.6 Å². The zero-order chi connectivity index (χ0) is 13.9. The molecule has 1 amide bonds. The maximum Gasteiger partial charge on any atom is 0.228 e. The van der Waals surface area contributed by atoms with Gasteiger partial charge >= 0.3 is 0 Å². The number of carbonyl (C=O) groups excluding carboxylic acids is 1. The molecule has 0 aliphatic carbocycles. The number of hydrogen-bond acceptors (Lipinski definition) is 3. The zero-order valence-electron chi connectivity index (χ0n) is 11.4. The number of rotatable bonds is 3. The van der Waals surface area contributed by atoms with E-state index in [1.807, 2.05) is 36.4 Å². The van der Waals surface area contributed by atoms with E-state index < -0.39 is 0 Å². The minimum Gasteiger partial charge on any atom is -0.467 e. The van der Waals surface area contributed by atoms with Crippen LogP contribution in [0.2, 0.25) is 0 Å². The van der Waals surface area contributed by atoms with Gasteiger partial charge in [0.05, 0.1) is 18.7 Å². The molecule has 4 nitrogen and oxygen atoms in total. The first-order valence-electron chi connectivity index (χ1n) is 6.89. The number of fused-ring (bicyclic) bond motifs is 1. The molecule has 0 saturated heterocycles. The molecule has 2 aromatic rings. The van der Waals surface area contributed by atoms with Crippen molar-refractivity contribution in [2.45, 2.75) is 31.8 Å². The number of para-hydroxylation sites is 1. The van der Waals surface area contributed by atoms with E-state index in [1.165, 1.54) is 0 Å². The lowest BCUT2D eigenvalue weighted by atomic mass is 9.87. The number of benzene rings is 1. The van der Waals surface area contributed by atoms with E-state index in [9.17, 15) is 4.79 Å². The topological polar surface area (TPSA) is 54.3 Å². The molecule has 3 rings (SSSR count). The Balaban J connectivity index is 1.74. The smallest absolute Gasteiger partial charge is 0.228 e. The lowest BCUT2D eigenvalue weighted by molar-refractivity contribution is -0.123. The highest BCUT2D eigenvalue weighted by Gasteiger charge is 2.29. The summed E-state index contributed by atoms with van der Waals surface area (Å²) >= 11 is 0. The van der Waals surface area contributed by atoms with Gasteiger partial charge in [-0.2, -0.15) is 0 Å². The Labute approximate surface area is 118 Å². The zero-order valence-corrected chi connectivity index (χ0v) is 11.4. The van der Waals surface area contributed by atoms with Crippen LogP contribution in [0.15, 0.2) is 47.1 Å². The molecule has 1 aliphatic rings. The molecular formula is C16H18N2O2. The second kappa shape index (κ2) is 5.41. The van der Waals surface area contributed by atoms with Gasteiger partial charge in [-0.25, -0.2) is 0 Å². The first kappa shape index (κ1) is 12.8. The SMILES string of the molecule is CC1CC(C(=O)NCc2ccco2)c2ccccc2N1. The fraction of sp³-hybridized carbons (Fsp3) is 0.312. The van der Waals surface area contributed by atoms with Crippen molar-refractivity contribution in [3.63, 3.8) is 0 Å². The largest absolute Gasteiger partial charge is 0.467 e. The summed E-state index contributed by atoms with van der Waals surface area (Å²) in [6.45, 7) is 2.54. The lowest BCUT2D eigenvalue weighted by Gasteiger charge is -2.30. The molecule has 1 aliphatic heterocycles. The minimum atomic E-state index is -0.0996. The van der Waals surface area contributed by atoms with Gasteiger partial charge in [0.2, 0.25) is 5.91 Å². The third-order valence-electron chi connectivity index (χ3n) is 3.66. The van der Waals surface area contributed by atoms with Crippen molar-refractivity contribution in [3.05, 3.63) is 54.0 Å². The molecule has 0 fully saturated rings. The van der Waals surface area contributed by atoms with E-state index in [4.69, 9.17) is 4.42 Å². The van der Waals surface area contributed by atoms with Gasteiger partial charge in [0.1, 0.15) is 5.76 Å². The van der Waals surface area contributed by atoms with E-state index in [0.29, 0.717) is 12.6 Å². The summed E-state index contributed by atoms with van der Waals surface area (Å²) < 4.78 is 5.23. The molecule has 2 unspecified atom stereocenters. The molecular weight excluding hydrogens is 252 g/mol. The predicted molar refractivity (Wildman–Crippen MR) is 77.4 cm³/mol. The van der Waals surface area contributed by atoms with Crippen LogP contribution in [0.25, 0.3) is 0 Å². The predicted octanol–water partition coefficient (Wildman–Crippen LogP) is 2.88. The fourth-order valence-electron chi connectivity index (χ4n) is 2.70. The van der Waals surface area contributed by atoms with Gasteiger partial charge in [-0.05, 0) is 37.1 Å². The second-order valence-electron chi connectivity index (χ2n) is 5.22. The van der Waals surface area contributed by atoms with E-state index in [2.05, 4.69) is 17.6 Å². The number of furan rings is 1.